The zero-order chi connectivity index (χ0) is 18.5. The zero-order valence-electron chi connectivity index (χ0n) is 14.5. The minimum Gasteiger partial charge on any atom is -0.246 e. The predicted molar refractivity (Wildman–Crippen MR) is 104 cm³/mol. The Bertz CT molecular complexity index is 945. The summed E-state index contributed by atoms with van der Waals surface area (Å²) in [5.74, 6) is 0. The summed E-state index contributed by atoms with van der Waals surface area (Å²) in [5.41, 5.74) is 2.31. The summed E-state index contributed by atoms with van der Waals surface area (Å²) in [4.78, 5) is 0.228. The number of benzene rings is 2. The van der Waals surface area contributed by atoms with Crippen LogP contribution in [0.3, 0.4) is 0 Å². The number of hydrogen-bond acceptors (Lipinski definition) is 2. The van der Waals surface area contributed by atoms with Gasteiger partial charge < -0.3 is 0 Å². The number of hydrogen-bond donors (Lipinski definition) is 1. The van der Waals surface area contributed by atoms with Crippen molar-refractivity contribution >= 4 is 26.0 Å². The number of aryl methyl sites for hydroxylation is 1. The highest BCUT2D eigenvalue weighted by Gasteiger charge is 2.57. The summed E-state index contributed by atoms with van der Waals surface area (Å²) >= 11 is 3.57. The Balaban J connectivity index is 1.70. The van der Waals surface area contributed by atoms with Gasteiger partial charge >= 0.3 is 0 Å². The fourth-order valence-electron chi connectivity index (χ4n) is 4.38. The lowest BCUT2D eigenvalue weighted by Crippen LogP contribution is -2.63. The highest BCUT2D eigenvalue weighted by molar-refractivity contribution is 9.10. The van der Waals surface area contributed by atoms with E-state index in [1.54, 1.807) is 24.3 Å². The molecule has 2 aromatic rings. The lowest BCUT2D eigenvalue weighted by Gasteiger charge is -2.54. The molecule has 3 nitrogen and oxygen atoms in total. The van der Waals surface area contributed by atoms with E-state index in [1.165, 1.54) is 0 Å². The van der Waals surface area contributed by atoms with E-state index in [2.05, 4.69) is 20.7 Å². The Morgan fingerprint density at radius 3 is 2.54 bits per heavy atom. The Hall–Kier alpha value is -1.24. The molecule has 0 amide bonds. The summed E-state index contributed by atoms with van der Waals surface area (Å²) in [6.07, 6.45) is 1.38. The third-order valence-electron chi connectivity index (χ3n) is 5.92. The van der Waals surface area contributed by atoms with E-state index < -0.39 is 27.7 Å². The molecule has 4 rings (SSSR count). The lowest BCUT2D eigenvalue weighted by atomic mass is 9.54. The molecule has 1 N–H and O–H groups in total. The maximum absolute atomic E-state index is 15.1. The van der Waals surface area contributed by atoms with Crippen LogP contribution in [0.4, 0.5) is 4.39 Å². The van der Waals surface area contributed by atoms with Crippen molar-refractivity contribution in [2.75, 3.05) is 0 Å². The topological polar surface area (TPSA) is 46.2 Å². The van der Waals surface area contributed by atoms with Crippen LogP contribution in [-0.4, -0.2) is 20.6 Å². The van der Waals surface area contributed by atoms with Crippen molar-refractivity contribution in [3.63, 3.8) is 0 Å². The molecule has 0 bridgehead atoms. The lowest BCUT2D eigenvalue weighted by molar-refractivity contribution is 0.0514. The van der Waals surface area contributed by atoms with Gasteiger partial charge in [0.1, 0.15) is 6.17 Å². The van der Waals surface area contributed by atoms with Gasteiger partial charge in [-0.05, 0) is 61.9 Å². The second kappa shape index (κ2) is 6.43. The summed E-state index contributed by atoms with van der Waals surface area (Å²) in [5, 5.41) is 0. The van der Waals surface area contributed by atoms with Gasteiger partial charge in [0.05, 0.1) is 4.90 Å². The molecule has 0 unspecified atom stereocenters. The zero-order valence-corrected chi connectivity index (χ0v) is 16.9. The van der Waals surface area contributed by atoms with E-state index in [-0.39, 0.29) is 4.90 Å². The molecule has 0 aromatic heterocycles. The third-order valence-corrected chi connectivity index (χ3v) is 8.15. The van der Waals surface area contributed by atoms with Gasteiger partial charge in [-0.3, -0.25) is 0 Å². The smallest absolute Gasteiger partial charge is 0.240 e. The Kier molecular flexibility index (Phi) is 4.48. The Labute approximate surface area is 162 Å². The van der Waals surface area contributed by atoms with E-state index in [9.17, 15) is 8.42 Å². The van der Waals surface area contributed by atoms with Crippen LogP contribution in [-0.2, 0) is 21.9 Å². The van der Waals surface area contributed by atoms with Crippen LogP contribution in [0.2, 0.25) is 0 Å². The number of sulfonamides is 1. The molecule has 0 heterocycles. The molecule has 0 radical (unpaired) electrons. The number of alkyl halides is 1. The molecule has 0 aliphatic heterocycles. The van der Waals surface area contributed by atoms with Crippen molar-refractivity contribution in [3.05, 3.63) is 63.6 Å². The fourth-order valence-corrected chi connectivity index (χ4v) is 6.28. The maximum atomic E-state index is 15.1. The minimum atomic E-state index is -3.68. The Morgan fingerprint density at radius 2 is 1.88 bits per heavy atom. The van der Waals surface area contributed by atoms with E-state index in [4.69, 9.17) is 0 Å². The average molecular weight is 438 g/mol. The minimum absolute atomic E-state index is 0.228. The van der Waals surface area contributed by atoms with Gasteiger partial charge in [0.25, 0.3) is 0 Å². The van der Waals surface area contributed by atoms with E-state index >= 15 is 4.39 Å². The van der Waals surface area contributed by atoms with Crippen LogP contribution in [0.5, 0.6) is 0 Å². The standard InChI is InChI=1S/C20H21BrFNO2S/c1-13-5-7-14(8-6-13)26(24,25)23-19-11-12-20(19)16-3-2-4-17(21)15(16)9-10-18(20)22/h2-8,18-19,23H,9-12H2,1H3/t18-,19-,20-/m0/s1. The van der Waals surface area contributed by atoms with Gasteiger partial charge in [0.2, 0.25) is 10.0 Å². The molecule has 26 heavy (non-hydrogen) atoms. The number of nitrogens with one attached hydrogen (secondary N) is 1. The van der Waals surface area contributed by atoms with Crippen molar-refractivity contribution in [3.8, 4) is 0 Å². The summed E-state index contributed by atoms with van der Waals surface area (Å²) in [6, 6.07) is 12.2. The second-order valence-corrected chi connectivity index (χ2v) is 9.91. The van der Waals surface area contributed by atoms with Crippen LogP contribution >= 0.6 is 15.9 Å². The van der Waals surface area contributed by atoms with Crippen molar-refractivity contribution in [1.29, 1.82) is 0 Å². The van der Waals surface area contributed by atoms with Crippen molar-refractivity contribution in [1.82, 2.24) is 4.72 Å². The summed E-state index contributed by atoms with van der Waals surface area (Å²) in [7, 11) is -3.68. The number of rotatable bonds is 3. The molecule has 2 aliphatic rings. The molecule has 2 aliphatic carbocycles. The quantitative estimate of drug-likeness (QED) is 0.771. The predicted octanol–water partition coefficient (Wildman–Crippen LogP) is 4.42. The molecule has 6 heteroatoms. The number of fused-ring (bicyclic) bond motifs is 2. The second-order valence-electron chi connectivity index (χ2n) is 7.34. The first kappa shape index (κ1) is 18.1. The van der Waals surface area contributed by atoms with Crippen molar-refractivity contribution in [2.24, 2.45) is 0 Å². The molecular weight excluding hydrogens is 417 g/mol. The molecular formula is C20H21BrFNO2S. The SMILES string of the molecule is Cc1ccc(S(=O)(=O)N[C@H]2CC[C@@]23c2cccc(Br)c2CC[C@@H]3F)cc1. The molecule has 1 fully saturated rings. The molecule has 2 aromatic carbocycles. The van der Waals surface area contributed by atoms with Gasteiger partial charge in [-0.2, -0.15) is 0 Å². The van der Waals surface area contributed by atoms with Crippen LogP contribution < -0.4 is 4.72 Å². The van der Waals surface area contributed by atoms with Gasteiger partial charge in [-0.25, -0.2) is 17.5 Å². The normalized spacial score (nSPS) is 27.8. The van der Waals surface area contributed by atoms with E-state index in [0.29, 0.717) is 25.7 Å². The van der Waals surface area contributed by atoms with Gasteiger partial charge in [-0.1, -0.05) is 45.8 Å². The molecule has 0 saturated heterocycles. The summed E-state index contributed by atoms with van der Waals surface area (Å²) < 4.78 is 44.5. The molecule has 138 valence electrons. The van der Waals surface area contributed by atoms with Crippen LogP contribution in [0.15, 0.2) is 51.8 Å². The highest BCUT2D eigenvalue weighted by Crippen LogP contribution is 2.53. The highest BCUT2D eigenvalue weighted by atomic mass is 79.9. The molecule has 1 spiro atoms. The Morgan fingerprint density at radius 1 is 1.15 bits per heavy atom. The van der Waals surface area contributed by atoms with Crippen LogP contribution in [0, 0.1) is 6.92 Å². The molecule has 3 atom stereocenters. The number of halogens is 2. The maximum Gasteiger partial charge on any atom is 0.240 e. The van der Waals surface area contributed by atoms with Crippen LogP contribution in [0.25, 0.3) is 0 Å². The van der Waals surface area contributed by atoms with Gasteiger partial charge in [-0.15, -0.1) is 0 Å². The van der Waals surface area contributed by atoms with Crippen molar-refractivity contribution in [2.45, 2.75) is 55.1 Å². The largest absolute Gasteiger partial charge is 0.246 e. The first-order valence-corrected chi connectivity index (χ1v) is 11.1. The molecule has 1 saturated carbocycles. The van der Waals surface area contributed by atoms with Gasteiger partial charge in [0.15, 0.2) is 0 Å². The van der Waals surface area contributed by atoms with Gasteiger partial charge in [0, 0.05) is 15.9 Å². The fraction of sp³-hybridized carbons (Fsp3) is 0.400. The average Bonchev–Trinajstić information content (AvgIpc) is 2.59. The summed E-state index contributed by atoms with van der Waals surface area (Å²) in [6.45, 7) is 1.91. The third kappa shape index (κ3) is 2.74. The van der Waals surface area contributed by atoms with Crippen LogP contribution in [0.1, 0.15) is 36.0 Å². The van der Waals surface area contributed by atoms with Crippen molar-refractivity contribution < 1.29 is 12.8 Å². The van der Waals surface area contributed by atoms with E-state index in [0.717, 1.165) is 21.2 Å². The first-order valence-electron chi connectivity index (χ1n) is 8.85. The van der Waals surface area contributed by atoms with E-state index in [1.807, 2.05) is 25.1 Å². The first-order chi connectivity index (χ1) is 12.3. The monoisotopic (exact) mass is 437 g/mol.